The molecule has 1 aliphatic heterocycles. The van der Waals surface area contributed by atoms with E-state index in [-0.39, 0.29) is 18.4 Å². The Kier molecular flexibility index (Phi) is 5.09. The molecule has 30 heavy (non-hydrogen) atoms. The number of para-hydroxylation sites is 2. The minimum absolute atomic E-state index is 0.165. The van der Waals surface area contributed by atoms with Crippen LogP contribution in [0.25, 0.3) is 11.0 Å². The van der Waals surface area contributed by atoms with Crippen LogP contribution in [0.1, 0.15) is 25.2 Å². The second-order valence-corrected chi connectivity index (χ2v) is 7.01. The molecule has 1 fully saturated rings. The van der Waals surface area contributed by atoms with Gasteiger partial charge in [0, 0.05) is 0 Å². The number of fused-ring (bicyclic) bond motifs is 1. The zero-order valence-electron chi connectivity index (χ0n) is 16.5. The number of anilines is 1. The number of imide groups is 1. The molecule has 4 amide bonds. The summed E-state index contributed by atoms with van der Waals surface area (Å²) in [4.78, 5) is 46.1. The molecule has 9 nitrogen and oxygen atoms in total. The Hall–Kier alpha value is -3.88. The molecule has 2 aromatic carbocycles. The van der Waals surface area contributed by atoms with Crippen molar-refractivity contribution in [1.82, 2.24) is 20.6 Å². The monoisotopic (exact) mass is 407 g/mol. The first-order chi connectivity index (χ1) is 14.5. The van der Waals surface area contributed by atoms with Crippen molar-refractivity contribution in [2.75, 3.05) is 12.0 Å². The van der Waals surface area contributed by atoms with E-state index in [1.807, 2.05) is 24.3 Å². The molecule has 0 bridgehead atoms. The summed E-state index contributed by atoms with van der Waals surface area (Å²) in [6, 6.07) is 12.2. The van der Waals surface area contributed by atoms with Crippen LogP contribution >= 0.6 is 0 Å². The number of imidazole rings is 1. The number of H-pyrrole nitrogens is 1. The molecule has 1 aliphatic rings. The van der Waals surface area contributed by atoms with Gasteiger partial charge in [-0.3, -0.25) is 9.59 Å². The average molecular weight is 407 g/mol. The molecule has 0 radical (unpaired) electrons. The summed E-state index contributed by atoms with van der Waals surface area (Å²) in [6.45, 7) is 1.80. The quantitative estimate of drug-likeness (QED) is 0.542. The van der Waals surface area contributed by atoms with Crippen molar-refractivity contribution in [3.8, 4) is 5.75 Å². The van der Waals surface area contributed by atoms with Gasteiger partial charge in [0.2, 0.25) is 5.91 Å². The highest BCUT2D eigenvalue weighted by Crippen LogP contribution is 2.23. The second kappa shape index (κ2) is 7.86. The van der Waals surface area contributed by atoms with E-state index in [4.69, 9.17) is 4.74 Å². The largest absolute Gasteiger partial charge is 0.497 e. The lowest BCUT2D eigenvalue weighted by atomic mass is 10.1. The van der Waals surface area contributed by atoms with Crippen LogP contribution in [0.15, 0.2) is 48.5 Å². The van der Waals surface area contributed by atoms with Crippen LogP contribution in [-0.4, -0.2) is 41.0 Å². The number of hydrogen-bond donors (Lipinski definition) is 3. The Morgan fingerprint density at radius 2 is 1.93 bits per heavy atom. The number of benzene rings is 2. The fourth-order valence-electron chi connectivity index (χ4n) is 3.38. The van der Waals surface area contributed by atoms with Crippen molar-refractivity contribution in [2.45, 2.75) is 25.4 Å². The van der Waals surface area contributed by atoms with Crippen LogP contribution < -0.4 is 20.3 Å². The molecule has 154 valence electrons. The fraction of sp³-hybridized carbons (Fsp3) is 0.238. The SMILES string of the molecule is COc1ccc(N2C(=O)N[C@@H](CC(=O)N[C@H](C)c3nc4ccccc4[nH]3)C2=O)cc1. The number of carbonyl (C=O) groups is 3. The summed E-state index contributed by atoms with van der Waals surface area (Å²) in [5, 5.41) is 5.39. The molecule has 3 aromatic rings. The van der Waals surface area contributed by atoms with Gasteiger partial charge in [0.1, 0.15) is 17.6 Å². The molecule has 3 N–H and O–H groups in total. The van der Waals surface area contributed by atoms with Gasteiger partial charge < -0.3 is 20.4 Å². The summed E-state index contributed by atoms with van der Waals surface area (Å²) in [7, 11) is 1.53. The van der Waals surface area contributed by atoms with Crippen molar-refractivity contribution in [2.24, 2.45) is 0 Å². The highest BCUT2D eigenvalue weighted by Gasteiger charge is 2.40. The van der Waals surface area contributed by atoms with Gasteiger partial charge in [0.15, 0.2) is 0 Å². The highest BCUT2D eigenvalue weighted by atomic mass is 16.5. The third-order valence-corrected chi connectivity index (χ3v) is 4.93. The van der Waals surface area contributed by atoms with Gasteiger partial charge in [-0.05, 0) is 43.3 Å². The van der Waals surface area contributed by atoms with Gasteiger partial charge in [-0.25, -0.2) is 14.7 Å². The lowest BCUT2D eigenvalue weighted by Gasteiger charge is -2.14. The predicted molar refractivity (Wildman–Crippen MR) is 110 cm³/mol. The third kappa shape index (κ3) is 3.69. The normalized spacial score (nSPS) is 17.1. The molecule has 0 unspecified atom stereocenters. The number of hydrogen-bond acceptors (Lipinski definition) is 5. The van der Waals surface area contributed by atoms with E-state index in [0.29, 0.717) is 17.3 Å². The molecule has 0 aliphatic carbocycles. The number of nitrogens with one attached hydrogen (secondary N) is 3. The van der Waals surface area contributed by atoms with Gasteiger partial charge in [-0.2, -0.15) is 0 Å². The van der Waals surface area contributed by atoms with Crippen LogP contribution in [0.2, 0.25) is 0 Å². The minimum Gasteiger partial charge on any atom is -0.497 e. The molecule has 1 aromatic heterocycles. The van der Waals surface area contributed by atoms with Gasteiger partial charge in [0.05, 0.1) is 36.3 Å². The van der Waals surface area contributed by atoms with Crippen molar-refractivity contribution in [3.05, 3.63) is 54.4 Å². The fourth-order valence-corrected chi connectivity index (χ4v) is 3.38. The van der Waals surface area contributed by atoms with Crippen molar-refractivity contribution >= 4 is 34.6 Å². The molecule has 2 heterocycles. The number of rotatable bonds is 6. The number of amides is 4. The lowest BCUT2D eigenvalue weighted by Crippen LogP contribution is -2.37. The Morgan fingerprint density at radius 1 is 1.20 bits per heavy atom. The van der Waals surface area contributed by atoms with E-state index in [0.717, 1.165) is 15.9 Å². The van der Waals surface area contributed by atoms with Crippen LogP contribution in [0.4, 0.5) is 10.5 Å². The first kappa shape index (κ1) is 19.4. The van der Waals surface area contributed by atoms with Gasteiger partial charge in [-0.1, -0.05) is 12.1 Å². The maximum Gasteiger partial charge on any atom is 0.329 e. The summed E-state index contributed by atoms with van der Waals surface area (Å²) in [5.41, 5.74) is 2.10. The summed E-state index contributed by atoms with van der Waals surface area (Å²) in [5.74, 6) is 0.391. The molecule has 1 saturated heterocycles. The Bertz CT molecular complexity index is 1080. The van der Waals surface area contributed by atoms with E-state index < -0.39 is 18.0 Å². The van der Waals surface area contributed by atoms with Crippen LogP contribution in [0, 0.1) is 0 Å². The number of urea groups is 1. The molecule has 4 rings (SSSR count). The zero-order chi connectivity index (χ0) is 21.3. The summed E-state index contributed by atoms with van der Waals surface area (Å²) >= 11 is 0. The predicted octanol–water partition coefficient (Wildman–Crippen LogP) is 2.26. The maximum absolute atomic E-state index is 12.7. The van der Waals surface area contributed by atoms with Gasteiger partial charge >= 0.3 is 6.03 Å². The van der Waals surface area contributed by atoms with Crippen molar-refractivity contribution < 1.29 is 19.1 Å². The molecule has 9 heteroatoms. The molecule has 0 spiro atoms. The zero-order valence-corrected chi connectivity index (χ0v) is 16.5. The Balaban J connectivity index is 1.40. The maximum atomic E-state index is 12.7. The van der Waals surface area contributed by atoms with E-state index in [9.17, 15) is 14.4 Å². The summed E-state index contributed by atoms with van der Waals surface area (Å²) < 4.78 is 5.09. The minimum atomic E-state index is -0.928. The van der Waals surface area contributed by atoms with Gasteiger partial charge in [-0.15, -0.1) is 0 Å². The number of aromatic amines is 1. The van der Waals surface area contributed by atoms with E-state index >= 15 is 0 Å². The lowest BCUT2D eigenvalue weighted by molar-refractivity contribution is -0.126. The molecule has 0 saturated carbocycles. The topological polar surface area (TPSA) is 116 Å². The number of carbonyl (C=O) groups excluding carboxylic acids is 3. The number of methoxy groups -OCH3 is 1. The van der Waals surface area contributed by atoms with Crippen LogP contribution in [0.3, 0.4) is 0 Å². The smallest absolute Gasteiger partial charge is 0.329 e. The van der Waals surface area contributed by atoms with E-state index in [2.05, 4.69) is 20.6 Å². The Labute approximate surface area is 172 Å². The molecule has 2 atom stereocenters. The van der Waals surface area contributed by atoms with Crippen LogP contribution in [-0.2, 0) is 9.59 Å². The standard InChI is InChI=1S/C21H21N5O4/c1-12(19-23-15-5-3-4-6-16(15)24-19)22-18(27)11-17-20(28)26(21(29)25-17)13-7-9-14(30-2)10-8-13/h3-10,12,17H,11H2,1-2H3,(H,22,27)(H,23,24)(H,25,29)/t12-,17+/m1/s1. The third-order valence-electron chi connectivity index (χ3n) is 4.93. The van der Waals surface area contributed by atoms with Crippen LogP contribution in [0.5, 0.6) is 5.75 Å². The van der Waals surface area contributed by atoms with Gasteiger partial charge in [0.25, 0.3) is 5.91 Å². The molecular weight excluding hydrogens is 386 g/mol. The number of ether oxygens (including phenoxy) is 1. The second-order valence-electron chi connectivity index (χ2n) is 7.01. The first-order valence-corrected chi connectivity index (χ1v) is 9.49. The Morgan fingerprint density at radius 3 is 2.63 bits per heavy atom. The average Bonchev–Trinajstić information content (AvgIpc) is 3.29. The highest BCUT2D eigenvalue weighted by molar-refractivity contribution is 6.22. The van der Waals surface area contributed by atoms with E-state index in [1.54, 1.807) is 31.2 Å². The van der Waals surface area contributed by atoms with Crippen molar-refractivity contribution in [3.63, 3.8) is 0 Å². The number of nitrogens with zero attached hydrogens (tertiary/aromatic N) is 2. The first-order valence-electron chi connectivity index (χ1n) is 9.49. The van der Waals surface area contributed by atoms with Crippen molar-refractivity contribution in [1.29, 1.82) is 0 Å². The number of aromatic nitrogens is 2. The molecular formula is C21H21N5O4. The van der Waals surface area contributed by atoms with E-state index in [1.165, 1.54) is 7.11 Å². The summed E-state index contributed by atoms with van der Waals surface area (Å²) in [6.07, 6.45) is -0.165.